The molecule has 31 heavy (non-hydrogen) atoms. The van der Waals surface area contributed by atoms with Crippen LogP contribution in [-0.2, 0) is 0 Å². The number of ether oxygens (including phenoxy) is 4. The number of nitrogens with zero attached hydrogens (tertiary/aromatic N) is 2. The average Bonchev–Trinajstić information content (AvgIpc) is 2.73. The molecule has 0 saturated carbocycles. The average molecular weight is 434 g/mol. The van der Waals surface area contributed by atoms with Gasteiger partial charge >= 0.3 is 6.36 Å². The first kappa shape index (κ1) is 22.2. The molecular formula is C22H21F3N2O4. The maximum atomic E-state index is 12.5. The van der Waals surface area contributed by atoms with Crippen molar-refractivity contribution < 1.29 is 32.1 Å². The molecule has 0 aliphatic heterocycles. The van der Waals surface area contributed by atoms with Gasteiger partial charge in [-0.2, -0.15) is 0 Å². The van der Waals surface area contributed by atoms with E-state index >= 15 is 0 Å². The topological polar surface area (TPSA) is 62.7 Å². The molecule has 1 aromatic heterocycles. The highest BCUT2D eigenvalue weighted by Crippen LogP contribution is 2.38. The van der Waals surface area contributed by atoms with Gasteiger partial charge in [0, 0.05) is 23.3 Å². The van der Waals surface area contributed by atoms with E-state index in [4.69, 9.17) is 19.2 Å². The molecule has 0 fully saturated rings. The normalized spacial score (nSPS) is 11.2. The number of halogens is 3. The molecule has 0 spiro atoms. The van der Waals surface area contributed by atoms with Gasteiger partial charge in [0.15, 0.2) is 0 Å². The lowest BCUT2D eigenvalue weighted by Gasteiger charge is -2.16. The summed E-state index contributed by atoms with van der Waals surface area (Å²) in [6.07, 6.45) is -4.79. The molecule has 6 nitrogen and oxygen atoms in total. The standard InChI is InChI=1S/C22H21F3N2O4/c1-12-20(16-8-6-14(28-3)10-18(16)29-4)26-13(2)21(27-12)17-9-7-15(11-19(17)30-5)31-22(23,24)25/h6-11H,1-5H3. The number of methoxy groups -OCH3 is 3. The Morgan fingerprint density at radius 3 is 1.55 bits per heavy atom. The van der Waals surface area contributed by atoms with Crippen molar-refractivity contribution in [3.8, 4) is 45.5 Å². The summed E-state index contributed by atoms with van der Waals surface area (Å²) in [6.45, 7) is 3.56. The number of hydrogen-bond donors (Lipinski definition) is 0. The molecule has 0 unspecified atom stereocenters. The first-order valence-electron chi connectivity index (χ1n) is 9.18. The second kappa shape index (κ2) is 8.71. The molecule has 9 heteroatoms. The molecule has 0 amide bonds. The van der Waals surface area contributed by atoms with Crippen LogP contribution in [0.3, 0.4) is 0 Å². The van der Waals surface area contributed by atoms with E-state index < -0.39 is 6.36 Å². The minimum atomic E-state index is -4.79. The molecule has 2 aromatic carbocycles. The van der Waals surface area contributed by atoms with Crippen LogP contribution in [0.2, 0.25) is 0 Å². The number of hydrogen-bond acceptors (Lipinski definition) is 6. The number of rotatable bonds is 6. The fourth-order valence-corrected chi connectivity index (χ4v) is 3.17. The lowest BCUT2D eigenvalue weighted by Crippen LogP contribution is -2.17. The predicted molar refractivity (Wildman–Crippen MR) is 109 cm³/mol. The van der Waals surface area contributed by atoms with Crippen LogP contribution < -0.4 is 18.9 Å². The Bertz CT molecular complexity index is 1100. The van der Waals surface area contributed by atoms with Crippen molar-refractivity contribution in [2.45, 2.75) is 20.2 Å². The Labute approximate surface area is 177 Å². The van der Waals surface area contributed by atoms with E-state index in [1.807, 2.05) is 6.07 Å². The molecule has 3 rings (SSSR count). The largest absolute Gasteiger partial charge is 0.573 e. The van der Waals surface area contributed by atoms with Gasteiger partial charge in [0.1, 0.15) is 23.0 Å². The first-order chi connectivity index (χ1) is 14.7. The van der Waals surface area contributed by atoms with E-state index in [1.165, 1.54) is 25.3 Å². The number of benzene rings is 2. The van der Waals surface area contributed by atoms with E-state index in [2.05, 4.69) is 9.72 Å². The van der Waals surface area contributed by atoms with Gasteiger partial charge in [-0.1, -0.05) is 0 Å². The lowest BCUT2D eigenvalue weighted by molar-refractivity contribution is -0.274. The highest BCUT2D eigenvalue weighted by atomic mass is 19.4. The van der Waals surface area contributed by atoms with Gasteiger partial charge in [0.25, 0.3) is 0 Å². The van der Waals surface area contributed by atoms with E-state index in [9.17, 15) is 13.2 Å². The Kier molecular flexibility index (Phi) is 6.24. The Hall–Kier alpha value is -3.49. The van der Waals surface area contributed by atoms with Crippen LogP contribution >= 0.6 is 0 Å². The second-order valence-electron chi connectivity index (χ2n) is 6.57. The molecule has 0 radical (unpaired) electrons. The molecule has 0 saturated heterocycles. The molecule has 0 aliphatic rings. The summed E-state index contributed by atoms with van der Waals surface area (Å²) < 4.78 is 57.5. The van der Waals surface area contributed by atoms with E-state index in [1.54, 1.807) is 40.2 Å². The summed E-state index contributed by atoms with van der Waals surface area (Å²) in [5.74, 6) is 1.03. The Morgan fingerprint density at radius 1 is 0.677 bits per heavy atom. The van der Waals surface area contributed by atoms with Crippen molar-refractivity contribution in [2.75, 3.05) is 21.3 Å². The maximum Gasteiger partial charge on any atom is 0.573 e. The third kappa shape index (κ3) is 4.82. The van der Waals surface area contributed by atoms with Gasteiger partial charge < -0.3 is 18.9 Å². The molecule has 0 aliphatic carbocycles. The molecule has 0 atom stereocenters. The lowest BCUT2D eigenvalue weighted by atomic mass is 10.0. The summed E-state index contributed by atoms with van der Waals surface area (Å²) >= 11 is 0. The van der Waals surface area contributed by atoms with Crippen molar-refractivity contribution in [1.29, 1.82) is 0 Å². The summed E-state index contributed by atoms with van der Waals surface area (Å²) in [5, 5.41) is 0. The fraction of sp³-hybridized carbons (Fsp3) is 0.273. The highest BCUT2D eigenvalue weighted by Gasteiger charge is 2.31. The molecule has 3 aromatic rings. The van der Waals surface area contributed by atoms with Crippen LogP contribution in [-0.4, -0.2) is 37.7 Å². The molecule has 1 heterocycles. The number of aryl methyl sites for hydroxylation is 2. The zero-order chi connectivity index (χ0) is 22.8. The van der Waals surface area contributed by atoms with Crippen LogP contribution in [0.1, 0.15) is 11.4 Å². The van der Waals surface area contributed by atoms with Gasteiger partial charge in [0.05, 0.1) is 44.1 Å². The van der Waals surface area contributed by atoms with Gasteiger partial charge in [0.2, 0.25) is 0 Å². The van der Waals surface area contributed by atoms with Crippen LogP contribution in [0.4, 0.5) is 13.2 Å². The van der Waals surface area contributed by atoms with Gasteiger partial charge in [-0.15, -0.1) is 13.2 Å². The first-order valence-corrected chi connectivity index (χ1v) is 9.18. The van der Waals surface area contributed by atoms with Crippen molar-refractivity contribution in [3.05, 3.63) is 47.8 Å². The fourth-order valence-electron chi connectivity index (χ4n) is 3.17. The zero-order valence-corrected chi connectivity index (χ0v) is 17.6. The summed E-state index contributed by atoms with van der Waals surface area (Å²) in [6, 6.07) is 9.22. The third-order valence-electron chi connectivity index (χ3n) is 4.57. The van der Waals surface area contributed by atoms with Gasteiger partial charge in [-0.25, -0.2) is 9.97 Å². The second-order valence-corrected chi connectivity index (χ2v) is 6.57. The maximum absolute atomic E-state index is 12.5. The molecule has 0 bridgehead atoms. The predicted octanol–water partition coefficient (Wildman–Crippen LogP) is 5.35. The Balaban J connectivity index is 2.07. The van der Waals surface area contributed by atoms with Crippen LogP contribution in [0.5, 0.6) is 23.0 Å². The Morgan fingerprint density at radius 2 is 1.13 bits per heavy atom. The van der Waals surface area contributed by atoms with E-state index in [-0.39, 0.29) is 11.5 Å². The van der Waals surface area contributed by atoms with Crippen LogP contribution in [0.25, 0.3) is 22.5 Å². The quantitative estimate of drug-likeness (QED) is 0.521. The van der Waals surface area contributed by atoms with Crippen LogP contribution in [0.15, 0.2) is 36.4 Å². The SMILES string of the molecule is COc1ccc(-c2nc(C)c(-c3ccc(OC(F)(F)F)cc3OC)nc2C)c(OC)c1. The molecular weight excluding hydrogens is 413 g/mol. The third-order valence-corrected chi connectivity index (χ3v) is 4.57. The summed E-state index contributed by atoms with van der Waals surface area (Å²) in [7, 11) is 4.48. The zero-order valence-electron chi connectivity index (χ0n) is 17.6. The highest BCUT2D eigenvalue weighted by molar-refractivity contribution is 5.75. The minimum Gasteiger partial charge on any atom is -0.497 e. The van der Waals surface area contributed by atoms with Crippen LogP contribution in [0, 0.1) is 13.8 Å². The molecule has 0 N–H and O–H groups in total. The van der Waals surface area contributed by atoms with Crippen molar-refractivity contribution in [2.24, 2.45) is 0 Å². The number of aromatic nitrogens is 2. The van der Waals surface area contributed by atoms with Gasteiger partial charge in [-0.3, -0.25) is 0 Å². The van der Waals surface area contributed by atoms with Crippen molar-refractivity contribution >= 4 is 0 Å². The number of alkyl halides is 3. The summed E-state index contributed by atoms with van der Waals surface area (Å²) in [5.41, 5.74) is 3.53. The van der Waals surface area contributed by atoms with E-state index in [0.717, 1.165) is 5.56 Å². The van der Waals surface area contributed by atoms with Gasteiger partial charge in [-0.05, 0) is 38.1 Å². The molecule has 164 valence electrons. The summed E-state index contributed by atoms with van der Waals surface area (Å²) in [4.78, 5) is 9.35. The minimum absolute atomic E-state index is 0.188. The smallest absolute Gasteiger partial charge is 0.497 e. The van der Waals surface area contributed by atoms with Crippen molar-refractivity contribution in [1.82, 2.24) is 9.97 Å². The van der Waals surface area contributed by atoms with E-state index in [0.29, 0.717) is 39.8 Å². The monoisotopic (exact) mass is 434 g/mol. The van der Waals surface area contributed by atoms with Crippen molar-refractivity contribution in [3.63, 3.8) is 0 Å².